The van der Waals surface area contributed by atoms with Crippen LogP contribution >= 0.6 is 0 Å². The Morgan fingerprint density at radius 1 is 1.53 bits per heavy atom. The number of aliphatic hydroxyl groups is 1. The molecule has 0 radical (unpaired) electrons. The molecule has 84 valence electrons. The highest BCUT2D eigenvalue weighted by molar-refractivity contribution is 6.08. The highest BCUT2D eigenvalue weighted by Crippen LogP contribution is 2.39. The normalized spacial score (nSPS) is 29.7. The summed E-state index contributed by atoms with van der Waals surface area (Å²) in [5, 5.41) is 9.98. The Kier molecular flexibility index (Phi) is 3.00. The maximum atomic E-state index is 11.6. The van der Waals surface area contributed by atoms with Crippen molar-refractivity contribution in [2.75, 3.05) is 7.11 Å². The molecule has 0 saturated heterocycles. The zero-order chi connectivity index (χ0) is 11.8. The van der Waals surface area contributed by atoms with Crippen molar-refractivity contribution in [3.05, 3.63) is 11.8 Å². The molecule has 0 saturated carbocycles. The Hall–Kier alpha value is -1.16. The first-order valence-corrected chi connectivity index (χ1v) is 4.81. The van der Waals surface area contributed by atoms with Gasteiger partial charge in [-0.25, -0.2) is 0 Å². The fourth-order valence-electron chi connectivity index (χ4n) is 1.87. The lowest BCUT2D eigenvalue weighted by Gasteiger charge is -2.38. The largest absolute Gasteiger partial charge is 0.500 e. The fraction of sp³-hybridized carbons (Fsp3) is 0.636. The number of methoxy groups -OCH3 is 1. The molecule has 0 aromatic rings. The van der Waals surface area contributed by atoms with Gasteiger partial charge in [-0.2, -0.15) is 0 Å². The second-order valence-electron chi connectivity index (χ2n) is 4.37. The van der Waals surface area contributed by atoms with Gasteiger partial charge in [0.05, 0.1) is 13.2 Å². The number of rotatable bonds is 2. The minimum Gasteiger partial charge on any atom is -0.500 e. The highest BCUT2D eigenvalue weighted by Gasteiger charge is 2.47. The minimum atomic E-state index is -1.03. The zero-order valence-electron chi connectivity index (χ0n) is 9.40. The van der Waals surface area contributed by atoms with Gasteiger partial charge in [0.15, 0.2) is 5.78 Å². The van der Waals surface area contributed by atoms with Crippen molar-refractivity contribution in [2.45, 2.75) is 26.9 Å². The molecule has 1 aliphatic rings. The average molecular weight is 212 g/mol. The molecule has 1 aliphatic carbocycles. The molecule has 0 aromatic carbocycles. The first kappa shape index (κ1) is 11.9. The Labute approximate surface area is 88.9 Å². The topological polar surface area (TPSA) is 63.6 Å². The number of ether oxygens (including phenoxy) is 1. The number of allylic oxidation sites excluding steroid dienone is 1. The van der Waals surface area contributed by atoms with Crippen LogP contribution < -0.4 is 0 Å². The quantitative estimate of drug-likeness (QED) is 0.684. The van der Waals surface area contributed by atoms with Crippen LogP contribution in [0, 0.1) is 11.3 Å². The van der Waals surface area contributed by atoms with Gasteiger partial charge >= 0.3 is 0 Å². The maximum absolute atomic E-state index is 11.6. The molecule has 1 N–H and O–H groups in total. The molecule has 0 aliphatic heterocycles. The molecular formula is C11H16O4. The van der Waals surface area contributed by atoms with Gasteiger partial charge in [0.1, 0.15) is 17.5 Å². The molecule has 0 aromatic heterocycles. The Morgan fingerprint density at radius 2 is 2.07 bits per heavy atom. The van der Waals surface area contributed by atoms with Crippen molar-refractivity contribution in [1.82, 2.24) is 0 Å². The maximum Gasteiger partial charge on any atom is 0.172 e. The van der Waals surface area contributed by atoms with Gasteiger partial charge in [-0.15, -0.1) is 0 Å². The lowest BCUT2D eigenvalue weighted by molar-refractivity contribution is -0.139. The lowest BCUT2D eigenvalue weighted by Crippen LogP contribution is -2.47. The lowest BCUT2D eigenvalue weighted by atomic mass is 9.71. The van der Waals surface area contributed by atoms with E-state index in [4.69, 9.17) is 4.74 Å². The third kappa shape index (κ3) is 1.81. The number of ketones is 2. The van der Waals surface area contributed by atoms with Gasteiger partial charge in [-0.1, -0.05) is 13.8 Å². The summed E-state index contributed by atoms with van der Waals surface area (Å²) < 4.78 is 5.04. The van der Waals surface area contributed by atoms with E-state index < -0.39 is 17.4 Å². The standard InChI is InChI=1S/C11H16O4/c1-6(12)9-7(13)5-8(15-4)11(2,3)10(9)14/h5,9-10,14H,1-4H3. The van der Waals surface area contributed by atoms with E-state index in [0.717, 1.165) is 0 Å². The first-order chi connectivity index (χ1) is 6.82. The Morgan fingerprint density at radius 3 is 2.47 bits per heavy atom. The Balaban J connectivity index is 3.19. The molecule has 0 spiro atoms. The average Bonchev–Trinajstić information content (AvgIpc) is 2.11. The van der Waals surface area contributed by atoms with Gasteiger partial charge < -0.3 is 9.84 Å². The molecule has 4 heteroatoms. The molecular weight excluding hydrogens is 196 g/mol. The number of carbonyl (C=O) groups excluding carboxylic acids is 2. The fourth-order valence-corrected chi connectivity index (χ4v) is 1.87. The van der Waals surface area contributed by atoms with E-state index in [1.807, 2.05) is 0 Å². The summed E-state index contributed by atoms with van der Waals surface area (Å²) in [6.07, 6.45) is 0.279. The van der Waals surface area contributed by atoms with Crippen molar-refractivity contribution in [3.63, 3.8) is 0 Å². The number of Topliss-reactive ketones (excluding diaryl/α,β-unsaturated/α-hetero) is 1. The van der Waals surface area contributed by atoms with Gasteiger partial charge in [-0.3, -0.25) is 9.59 Å². The number of aliphatic hydroxyl groups excluding tert-OH is 1. The summed E-state index contributed by atoms with van der Waals surface area (Å²) in [7, 11) is 1.45. The Bertz CT molecular complexity index is 327. The molecule has 1 rings (SSSR count). The van der Waals surface area contributed by atoms with Gasteiger partial charge in [0, 0.05) is 11.5 Å². The van der Waals surface area contributed by atoms with E-state index in [2.05, 4.69) is 0 Å². The van der Waals surface area contributed by atoms with Crippen LogP contribution in [0.15, 0.2) is 11.8 Å². The van der Waals surface area contributed by atoms with Crippen molar-refractivity contribution < 1.29 is 19.4 Å². The highest BCUT2D eigenvalue weighted by atomic mass is 16.5. The molecule has 2 unspecified atom stereocenters. The third-order valence-corrected chi connectivity index (χ3v) is 2.93. The van der Waals surface area contributed by atoms with E-state index >= 15 is 0 Å². The summed E-state index contributed by atoms with van der Waals surface area (Å²) in [6, 6.07) is 0. The van der Waals surface area contributed by atoms with E-state index in [0.29, 0.717) is 5.76 Å². The molecule has 0 bridgehead atoms. The van der Waals surface area contributed by atoms with Crippen LogP contribution in [0.4, 0.5) is 0 Å². The second kappa shape index (κ2) is 3.77. The van der Waals surface area contributed by atoms with Crippen LogP contribution in [0.1, 0.15) is 20.8 Å². The van der Waals surface area contributed by atoms with E-state index in [-0.39, 0.29) is 11.6 Å². The summed E-state index contributed by atoms with van der Waals surface area (Å²) in [5.41, 5.74) is -0.709. The van der Waals surface area contributed by atoms with Crippen LogP contribution in [0.25, 0.3) is 0 Å². The van der Waals surface area contributed by atoms with Crippen molar-refractivity contribution >= 4 is 11.6 Å². The van der Waals surface area contributed by atoms with Crippen LogP contribution in [0.5, 0.6) is 0 Å². The van der Waals surface area contributed by atoms with Gasteiger partial charge in [0.25, 0.3) is 0 Å². The van der Waals surface area contributed by atoms with Crippen LogP contribution in [-0.2, 0) is 14.3 Å². The van der Waals surface area contributed by atoms with Crippen molar-refractivity contribution in [2.24, 2.45) is 11.3 Å². The number of hydrogen-bond donors (Lipinski definition) is 1. The number of hydrogen-bond acceptors (Lipinski definition) is 4. The summed E-state index contributed by atoms with van der Waals surface area (Å²) in [5.74, 6) is -1.24. The van der Waals surface area contributed by atoms with Crippen molar-refractivity contribution in [1.29, 1.82) is 0 Å². The predicted molar refractivity (Wildman–Crippen MR) is 54.1 cm³/mol. The second-order valence-corrected chi connectivity index (χ2v) is 4.37. The minimum absolute atomic E-state index is 0.313. The summed E-state index contributed by atoms with van der Waals surface area (Å²) in [6.45, 7) is 4.80. The van der Waals surface area contributed by atoms with Gasteiger partial charge in [0.2, 0.25) is 0 Å². The molecule has 2 atom stereocenters. The van der Waals surface area contributed by atoms with Crippen LogP contribution in [-0.4, -0.2) is 29.9 Å². The van der Waals surface area contributed by atoms with Gasteiger partial charge in [-0.05, 0) is 6.92 Å². The predicted octanol–water partition coefficient (Wildman–Crippen LogP) is 0.692. The summed E-state index contributed by atoms with van der Waals surface area (Å²) in [4.78, 5) is 22.8. The zero-order valence-corrected chi connectivity index (χ0v) is 9.40. The molecule has 0 fully saturated rings. The number of carbonyl (C=O) groups is 2. The smallest absolute Gasteiger partial charge is 0.172 e. The first-order valence-electron chi connectivity index (χ1n) is 4.81. The van der Waals surface area contributed by atoms with E-state index in [1.54, 1.807) is 13.8 Å². The van der Waals surface area contributed by atoms with E-state index in [9.17, 15) is 14.7 Å². The third-order valence-electron chi connectivity index (χ3n) is 2.93. The van der Waals surface area contributed by atoms with Crippen LogP contribution in [0.3, 0.4) is 0 Å². The summed E-state index contributed by atoms with van der Waals surface area (Å²) >= 11 is 0. The molecule has 0 amide bonds. The van der Waals surface area contributed by atoms with E-state index in [1.165, 1.54) is 20.1 Å². The van der Waals surface area contributed by atoms with Crippen molar-refractivity contribution in [3.8, 4) is 0 Å². The molecule has 0 heterocycles. The van der Waals surface area contributed by atoms with Crippen LogP contribution in [0.2, 0.25) is 0 Å². The molecule has 4 nitrogen and oxygen atoms in total. The SMILES string of the molecule is COC1=CC(=O)C(C(C)=O)C(O)C1(C)C. The monoisotopic (exact) mass is 212 g/mol. The molecule has 15 heavy (non-hydrogen) atoms.